The van der Waals surface area contributed by atoms with E-state index in [9.17, 15) is 13.2 Å². The van der Waals surface area contributed by atoms with Crippen molar-refractivity contribution < 1.29 is 13.2 Å². The van der Waals surface area contributed by atoms with E-state index >= 15 is 0 Å². The molecular formula is C19H22N2O3S. The molecule has 1 aliphatic rings. The molecule has 1 heterocycles. The number of primary amides is 1. The van der Waals surface area contributed by atoms with E-state index in [0.717, 1.165) is 24.8 Å². The normalized spacial score (nSPS) is 21.8. The Balaban J connectivity index is 2.01. The van der Waals surface area contributed by atoms with Crippen LogP contribution in [0.15, 0.2) is 59.5 Å². The highest BCUT2D eigenvalue weighted by Gasteiger charge is 2.38. The number of nitrogens with two attached hydrogens (primary N) is 1. The van der Waals surface area contributed by atoms with Gasteiger partial charge in [0, 0.05) is 11.6 Å². The maximum atomic E-state index is 13.3. The SMILES string of the molecule is C[C@@H]1CCC[C@H](c2ccccc2)N1S(=O)(=O)c1ccc(C(N)=O)cc1. The Bertz CT molecular complexity index is 848. The summed E-state index contributed by atoms with van der Waals surface area (Å²) in [5.41, 5.74) is 6.54. The Morgan fingerprint density at radius 1 is 1.04 bits per heavy atom. The molecule has 2 atom stereocenters. The number of amides is 1. The zero-order valence-electron chi connectivity index (χ0n) is 14.1. The first kappa shape index (κ1) is 17.6. The Kier molecular flexibility index (Phi) is 4.92. The van der Waals surface area contributed by atoms with Crippen LogP contribution >= 0.6 is 0 Å². The lowest BCUT2D eigenvalue weighted by atomic mass is 9.94. The van der Waals surface area contributed by atoms with Crippen LogP contribution in [0, 0.1) is 0 Å². The van der Waals surface area contributed by atoms with Crippen LogP contribution in [0.3, 0.4) is 0 Å². The molecule has 0 aromatic heterocycles. The van der Waals surface area contributed by atoms with Gasteiger partial charge in [0.25, 0.3) is 0 Å². The van der Waals surface area contributed by atoms with Crippen LogP contribution in [0.25, 0.3) is 0 Å². The van der Waals surface area contributed by atoms with Crippen LogP contribution in [-0.2, 0) is 10.0 Å². The second-order valence-corrected chi connectivity index (χ2v) is 8.27. The van der Waals surface area contributed by atoms with E-state index in [0.29, 0.717) is 5.56 Å². The summed E-state index contributed by atoms with van der Waals surface area (Å²) in [5, 5.41) is 0. The third kappa shape index (κ3) is 3.45. The minimum atomic E-state index is -3.67. The van der Waals surface area contributed by atoms with Gasteiger partial charge in [0.05, 0.1) is 10.9 Å². The molecule has 2 aromatic rings. The van der Waals surface area contributed by atoms with Crippen molar-refractivity contribution in [3.8, 4) is 0 Å². The molecule has 5 nitrogen and oxygen atoms in total. The van der Waals surface area contributed by atoms with E-state index in [4.69, 9.17) is 5.73 Å². The molecule has 132 valence electrons. The lowest BCUT2D eigenvalue weighted by Gasteiger charge is -2.39. The third-order valence-electron chi connectivity index (χ3n) is 4.74. The maximum Gasteiger partial charge on any atom is 0.248 e. The maximum absolute atomic E-state index is 13.3. The van der Waals surface area contributed by atoms with Crippen LogP contribution in [0.2, 0.25) is 0 Å². The van der Waals surface area contributed by atoms with Crippen molar-refractivity contribution >= 4 is 15.9 Å². The lowest BCUT2D eigenvalue weighted by molar-refractivity contribution is 0.1000. The fourth-order valence-electron chi connectivity index (χ4n) is 3.47. The zero-order valence-corrected chi connectivity index (χ0v) is 14.9. The van der Waals surface area contributed by atoms with Gasteiger partial charge in [-0.1, -0.05) is 30.3 Å². The van der Waals surface area contributed by atoms with Crippen LogP contribution in [-0.4, -0.2) is 24.7 Å². The van der Waals surface area contributed by atoms with Crippen molar-refractivity contribution in [2.24, 2.45) is 5.73 Å². The number of rotatable bonds is 4. The number of carbonyl (C=O) groups is 1. The van der Waals surface area contributed by atoms with Crippen LogP contribution in [0.1, 0.15) is 48.1 Å². The molecule has 25 heavy (non-hydrogen) atoms. The van der Waals surface area contributed by atoms with Gasteiger partial charge in [-0.2, -0.15) is 4.31 Å². The molecule has 0 spiro atoms. The van der Waals surface area contributed by atoms with E-state index < -0.39 is 15.9 Å². The highest BCUT2D eigenvalue weighted by Crippen LogP contribution is 2.38. The van der Waals surface area contributed by atoms with Crippen molar-refractivity contribution in [1.82, 2.24) is 4.31 Å². The number of hydrogen-bond donors (Lipinski definition) is 1. The van der Waals surface area contributed by atoms with Gasteiger partial charge in [0.1, 0.15) is 0 Å². The molecule has 1 fully saturated rings. The smallest absolute Gasteiger partial charge is 0.248 e. The van der Waals surface area contributed by atoms with Gasteiger partial charge in [-0.15, -0.1) is 0 Å². The number of carbonyl (C=O) groups excluding carboxylic acids is 1. The minimum Gasteiger partial charge on any atom is -0.366 e. The summed E-state index contributed by atoms with van der Waals surface area (Å²) in [6.07, 6.45) is 2.63. The van der Waals surface area contributed by atoms with Gasteiger partial charge in [0.15, 0.2) is 0 Å². The van der Waals surface area contributed by atoms with E-state index in [1.807, 2.05) is 37.3 Å². The summed E-state index contributed by atoms with van der Waals surface area (Å²) in [5.74, 6) is -0.572. The molecule has 1 aliphatic heterocycles. The fraction of sp³-hybridized carbons (Fsp3) is 0.316. The zero-order chi connectivity index (χ0) is 18.0. The van der Waals surface area contributed by atoms with Gasteiger partial charge >= 0.3 is 0 Å². The molecule has 1 saturated heterocycles. The summed E-state index contributed by atoms with van der Waals surface area (Å²) in [6.45, 7) is 1.95. The van der Waals surface area contributed by atoms with E-state index in [1.165, 1.54) is 24.3 Å². The van der Waals surface area contributed by atoms with Crippen molar-refractivity contribution in [3.63, 3.8) is 0 Å². The highest BCUT2D eigenvalue weighted by molar-refractivity contribution is 7.89. The standard InChI is InChI=1S/C19H22N2O3S/c1-14-6-5-9-18(15-7-3-2-4-8-15)21(14)25(23,24)17-12-10-16(11-13-17)19(20)22/h2-4,7-8,10-14,18H,5-6,9H2,1H3,(H2,20,22)/t14-,18-/m1/s1. The highest BCUT2D eigenvalue weighted by atomic mass is 32.2. The predicted molar refractivity (Wildman–Crippen MR) is 96.5 cm³/mol. The number of nitrogens with zero attached hydrogens (tertiary/aromatic N) is 1. The lowest BCUT2D eigenvalue weighted by Crippen LogP contribution is -2.44. The second kappa shape index (κ2) is 6.98. The molecule has 6 heteroatoms. The van der Waals surface area contributed by atoms with Crippen LogP contribution < -0.4 is 5.73 Å². The van der Waals surface area contributed by atoms with Crippen molar-refractivity contribution in [3.05, 3.63) is 65.7 Å². The molecule has 0 unspecified atom stereocenters. The molecule has 0 bridgehead atoms. The summed E-state index contributed by atoms with van der Waals surface area (Å²) in [6, 6.07) is 15.3. The average molecular weight is 358 g/mol. The fourth-order valence-corrected chi connectivity index (χ4v) is 5.34. The average Bonchev–Trinajstić information content (AvgIpc) is 2.62. The van der Waals surface area contributed by atoms with Crippen molar-refractivity contribution in [1.29, 1.82) is 0 Å². The third-order valence-corrected chi connectivity index (χ3v) is 6.78. The first-order valence-electron chi connectivity index (χ1n) is 8.39. The first-order chi connectivity index (χ1) is 11.9. The van der Waals surface area contributed by atoms with E-state index in [1.54, 1.807) is 4.31 Å². The Morgan fingerprint density at radius 3 is 2.28 bits per heavy atom. The molecular weight excluding hydrogens is 336 g/mol. The molecule has 2 aromatic carbocycles. The summed E-state index contributed by atoms with van der Waals surface area (Å²) in [7, 11) is -3.67. The van der Waals surface area contributed by atoms with Gasteiger partial charge in [-0.05, 0) is 56.0 Å². The monoisotopic (exact) mass is 358 g/mol. The molecule has 1 amide bonds. The Hall–Kier alpha value is -2.18. The first-order valence-corrected chi connectivity index (χ1v) is 9.83. The summed E-state index contributed by atoms with van der Waals surface area (Å²) >= 11 is 0. The van der Waals surface area contributed by atoms with E-state index in [-0.39, 0.29) is 17.0 Å². The number of piperidine rings is 1. The number of benzene rings is 2. The largest absolute Gasteiger partial charge is 0.366 e. The van der Waals surface area contributed by atoms with Crippen molar-refractivity contribution in [2.45, 2.75) is 43.2 Å². The van der Waals surface area contributed by atoms with E-state index in [2.05, 4.69) is 0 Å². The quantitative estimate of drug-likeness (QED) is 0.912. The summed E-state index contributed by atoms with van der Waals surface area (Å²) < 4.78 is 28.2. The van der Waals surface area contributed by atoms with Gasteiger partial charge < -0.3 is 5.73 Å². The van der Waals surface area contributed by atoms with Gasteiger partial charge in [-0.25, -0.2) is 8.42 Å². The second-order valence-electron chi connectivity index (χ2n) is 6.43. The number of sulfonamides is 1. The van der Waals surface area contributed by atoms with Gasteiger partial charge in [-0.3, -0.25) is 4.79 Å². The molecule has 2 N–H and O–H groups in total. The van der Waals surface area contributed by atoms with Crippen LogP contribution in [0.5, 0.6) is 0 Å². The molecule has 0 saturated carbocycles. The predicted octanol–water partition coefficient (Wildman–Crippen LogP) is 3.09. The van der Waals surface area contributed by atoms with Gasteiger partial charge in [0.2, 0.25) is 15.9 Å². The Labute approximate surface area is 148 Å². The minimum absolute atomic E-state index is 0.0835. The van der Waals surface area contributed by atoms with Crippen molar-refractivity contribution in [2.75, 3.05) is 0 Å². The summed E-state index contributed by atoms with van der Waals surface area (Å²) in [4.78, 5) is 11.4. The molecule has 0 radical (unpaired) electrons. The van der Waals surface area contributed by atoms with Crippen LogP contribution in [0.4, 0.5) is 0 Å². The topological polar surface area (TPSA) is 80.5 Å². The Morgan fingerprint density at radius 2 is 1.68 bits per heavy atom. The molecule has 0 aliphatic carbocycles. The number of hydrogen-bond acceptors (Lipinski definition) is 3. The molecule has 3 rings (SSSR count).